The molecule has 0 radical (unpaired) electrons. The molecule has 0 bridgehead atoms. The normalized spacial score (nSPS) is 21.2. The van der Waals surface area contributed by atoms with Gasteiger partial charge in [0.2, 0.25) is 5.88 Å². The van der Waals surface area contributed by atoms with Gasteiger partial charge in [-0.2, -0.15) is 0 Å². The summed E-state index contributed by atoms with van der Waals surface area (Å²) in [4.78, 5) is 11.9. The average molecular weight is 466 g/mol. The van der Waals surface area contributed by atoms with Gasteiger partial charge in [0.05, 0.1) is 24.3 Å². The third-order valence-corrected chi connectivity index (χ3v) is 7.02. The van der Waals surface area contributed by atoms with Crippen LogP contribution in [0.3, 0.4) is 0 Å². The lowest BCUT2D eigenvalue weighted by Gasteiger charge is -2.46. The Kier molecular flexibility index (Phi) is 7.27. The van der Waals surface area contributed by atoms with Crippen LogP contribution in [0, 0.1) is 5.92 Å². The maximum Gasteiger partial charge on any atom is 0.213 e. The zero-order valence-corrected chi connectivity index (χ0v) is 20.2. The molecule has 2 saturated heterocycles. The Morgan fingerprint density at radius 2 is 2.00 bits per heavy atom. The molecule has 182 valence electrons. The second-order valence-corrected chi connectivity index (χ2v) is 9.55. The van der Waals surface area contributed by atoms with Crippen LogP contribution in [0.5, 0.6) is 5.88 Å². The van der Waals surface area contributed by atoms with E-state index >= 15 is 0 Å². The molecular formula is C26H35N5O3. The average Bonchev–Trinajstić information content (AvgIpc) is 3.30. The topological polar surface area (TPSA) is 67.1 Å². The molecule has 0 aliphatic carbocycles. The number of hydrogen-bond acceptors (Lipinski definition) is 8. The highest BCUT2D eigenvalue weighted by molar-refractivity contribution is 5.88. The van der Waals surface area contributed by atoms with Gasteiger partial charge < -0.3 is 18.9 Å². The number of methoxy groups -OCH3 is 1. The fraction of sp³-hybridized carbons (Fsp3) is 0.538. The van der Waals surface area contributed by atoms with E-state index in [0.29, 0.717) is 12.0 Å². The summed E-state index contributed by atoms with van der Waals surface area (Å²) in [5, 5.41) is 5.48. The van der Waals surface area contributed by atoms with Crippen LogP contribution in [-0.2, 0) is 11.3 Å². The van der Waals surface area contributed by atoms with Gasteiger partial charge >= 0.3 is 0 Å². The second-order valence-electron chi connectivity index (χ2n) is 9.55. The minimum atomic E-state index is 0.533. The Morgan fingerprint density at radius 1 is 1.09 bits per heavy atom. The molecule has 2 aliphatic rings. The predicted octanol–water partition coefficient (Wildman–Crippen LogP) is 3.28. The van der Waals surface area contributed by atoms with Crippen molar-refractivity contribution in [2.45, 2.75) is 25.4 Å². The molecular weight excluding hydrogens is 430 g/mol. The fourth-order valence-corrected chi connectivity index (χ4v) is 5.12. The molecule has 2 aromatic heterocycles. The van der Waals surface area contributed by atoms with Crippen molar-refractivity contribution in [3.63, 3.8) is 0 Å². The van der Waals surface area contributed by atoms with Crippen molar-refractivity contribution in [1.82, 2.24) is 19.9 Å². The summed E-state index contributed by atoms with van der Waals surface area (Å²) in [5.41, 5.74) is 1.89. The highest BCUT2D eigenvalue weighted by Gasteiger charge is 2.34. The molecule has 8 heteroatoms. The van der Waals surface area contributed by atoms with Gasteiger partial charge in [-0.25, -0.2) is 4.98 Å². The molecule has 3 aromatic rings. The smallest absolute Gasteiger partial charge is 0.213 e. The van der Waals surface area contributed by atoms with Crippen LogP contribution in [0.2, 0.25) is 0 Å². The van der Waals surface area contributed by atoms with Gasteiger partial charge in [0.15, 0.2) is 11.4 Å². The first-order chi connectivity index (χ1) is 16.7. The number of para-hydroxylation sites is 1. The summed E-state index contributed by atoms with van der Waals surface area (Å²) in [7, 11) is 3.81. The molecule has 2 fully saturated rings. The van der Waals surface area contributed by atoms with Gasteiger partial charge in [-0.1, -0.05) is 23.4 Å². The van der Waals surface area contributed by atoms with E-state index in [1.807, 2.05) is 24.3 Å². The lowest BCUT2D eigenvalue weighted by atomic mass is 9.91. The van der Waals surface area contributed by atoms with E-state index in [1.54, 1.807) is 7.11 Å². The van der Waals surface area contributed by atoms with Gasteiger partial charge in [0.1, 0.15) is 0 Å². The monoisotopic (exact) mass is 465 g/mol. The summed E-state index contributed by atoms with van der Waals surface area (Å²) >= 11 is 0. The number of aromatic nitrogens is 2. The number of hydrogen-bond donors (Lipinski definition) is 0. The Morgan fingerprint density at radius 3 is 2.91 bits per heavy atom. The van der Waals surface area contributed by atoms with Crippen LogP contribution < -0.4 is 9.64 Å². The molecule has 0 spiro atoms. The van der Waals surface area contributed by atoms with Gasteiger partial charge in [-0.05, 0) is 38.1 Å². The maximum atomic E-state index is 6.14. The summed E-state index contributed by atoms with van der Waals surface area (Å²) in [5.74, 6) is 2.24. The van der Waals surface area contributed by atoms with Crippen LogP contribution in [0.1, 0.15) is 18.5 Å². The molecule has 1 aromatic carbocycles. The van der Waals surface area contributed by atoms with Gasteiger partial charge in [0.25, 0.3) is 0 Å². The van der Waals surface area contributed by atoms with Crippen molar-refractivity contribution in [2.75, 3.05) is 65.0 Å². The molecule has 34 heavy (non-hydrogen) atoms. The molecule has 2 unspecified atom stereocenters. The number of piperidine rings is 1. The summed E-state index contributed by atoms with van der Waals surface area (Å²) < 4.78 is 16.8. The van der Waals surface area contributed by atoms with Crippen LogP contribution in [0.25, 0.3) is 11.0 Å². The first-order valence-corrected chi connectivity index (χ1v) is 12.3. The van der Waals surface area contributed by atoms with Gasteiger partial charge in [-0.3, -0.25) is 9.80 Å². The first-order valence-electron chi connectivity index (χ1n) is 12.3. The molecule has 4 heterocycles. The number of likely N-dealkylation sites (N-methyl/N-ethyl adjacent to an activating group) is 1. The van der Waals surface area contributed by atoms with E-state index in [-0.39, 0.29) is 0 Å². The maximum absolute atomic E-state index is 6.14. The fourth-order valence-electron chi connectivity index (χ4n) is 5.12. The Labute approximate surface area is 201 Å². The van der Waals surface area contributed by atoms with E-state index < -0.39 is 0 Å². The van der Waals surface area contributed by atoms with Crippen LogP contribution in [0.4, 0.5) is 5.82 Å². The lowest BCUT2D eigenvalue weighted by molar-refractivity contribution is 0.0716. The van der Waals surface area contributed by atoms with Crippen molar-refractivity contribution >= 4 is 16.8 Å². The minimum absolute atomic E-state index is 0.533. The molecule has 0 N–H and O–H groups in total. The quantitative estimate of drug-likeness (QED) is 0.477. The third-order valence-electron chi connectivity index (χ3n) is 7.02. The highest BCUT2D eigenvalue weighted by atomic mass is 16.5. The zero-order chi connectivity index (χ0) is 23.3. The van der Waals surface area contributed by atoms with Crippen molar-refractivity contribution in [2.24, 2.45) is 5.92 Å². The number of fused-ring (bicyclic) bond motifs is 2. The van der Waals surface area contributed by atoms with E-state index in [9.17, 15) is 0 Å². The van der Waals surface area contributed by atoms with Gasteiger partial charge in [-0.15, -0.1) is 0 Å². The number of nitrogens with zero attached hydrogens (tertiary/aromatic N) is 5. The van der Waals surface area contributed by atoms with Crippen molar-refractivity contribution in [1.29, 1.82) is 0 Å². The molecule has 5 rings (SSSR count). The third kappa shape index (κ3) is 5.35. The Balaban J connectivity index is 1.12. The lowest BCUT2D eigenvalue weighted by Crippen LogP contribution is -2.57. The number of rotatable bonds is 9. The van der Waals surface area contributed by atoms with E-state index in [1.165, 1.54) is 12.8 Å². The van der Waals surface area contributed by atoms with Crippen LogP contribution >= 0.6 is 0 Å². The van der Waals surface area contributed by atoms with E-state index in [4.69, 9.17) is 19.0 Å². The predicted molar refractivity (Wildman–Crippen MR) is 132 cm³/mol. The summed E-state index contributed by atoms with van der Waals surface area (Å²) in [6.45, 7) is 7.21. The Hall–Kier alpha value is -2.68. The second kappa shape index (κ2) is 10.7. The molecule has 8 nitrogen and oxygen atoms in total. The van der Waals surface area contributed by atoms with Gasteiger partial charge in [0, 0.05) is 64.4 Å². The first kappa shape index (κ1) is 23.1. The van der Waals surface area contributed by atoms with E-state index in [2.05, 4.69) is 45.1 Å². The molecule has 2 atom stereocenters. The number of piperazine rings is 1. The van der Waals surface area contributed by atoms with Crippen molar-refractivity contribution in [3.05, 3.63) is 48.2 Å². The number of pyridine rings is 1. The van der Waals surface area contributed by atoms with E-state index in [0.717, 1.165) is 80.8 Å². The minimum Gasteiger partial charge on any atom is -0.477 e. The number of benzene rings is 1. The number of ether oxygens (including phenoxy) is 2. The van der Waals surface area contributed by atoms with Crippen LogP contribution in [0.15, 0.2) is 47.0 Å². The highest BCUT2D eigenvalue weighted by Crippen LogP contribution is 2.31. The largest absolute Gasteiger partial charge is 0.477 e. The summed E-state index contributed by atoms with van der Waals surface area (Å²) in [6.07, 6.45) is 2.35. The molecule has 0 saturated carbocycles. The van der Waals surface area contributed by atoms with Crippen LogP contribution in [-0.4, -0.2) is 86.1 Å². The molecule has 0 amide bonds. The van der Waals surface area contributed by atoms with Crippen molar-refractivity contribution in [3.8, 4) is 5.88 Å². The summed E-state index contributed by atoms with van der Waals surface area (Å²) in [6, 6.07) is 14.7. The SMILES string of the molecule is COCCN(C)Cc1cccc(OCC2CCC3CN(c4noc5ccccc45)CCN3C2)n1. The molecule has 2 aliphatic heterocycles. The number of anilines is 1. The zero-order valence-electron chi connectivity index (χ0n) is 20.2. The Bertz CT molecular complexity index is 1070. The van der Waals surface area contributed by atoms with Crippen molar-refractivity contribution < 1.29 is 14.0 Å². The standard InChI is InChI=1S/C26H35N5O3/c1-29(14-15-32-2)17-21-6-5-9-25(27-21)33-19-20-10-11-22-18-31(13-12-30(22)16-20)26-23-7-3-4-8-24(23)34-28-26/h3-9,20,22H,10-19H2,1-2H3.